The summed E-state index contributed by atoms with van der Waals surface area (Å²) in [6, 6.07) is 5.62. The summed E-state index contributed by atoms with van der Waals surface area (Å²) >= 11 is 0. The van der Waals surface area contributed by atoms with Crippen molar-refractivity contribution in [3.63, 3.8) is 0 Å². The van der Waals surface area contributed by atoms with Gasteiger partial charge < -0.3 is 20.1 Å². The number of carbonyl (C=O) groups excluding carboxylic acids is 1. The zero-order valence-electron chi connectivity index (χ0n) is 12.8. The van der Waals surface area contributed by atoms with E-state index in [0.717, 1.165) is 5.69 Å². The topological polar surface area (TPSA) is 61.8 Å². The molecule has 0 spiro atoms. The van der Waals surface area contributed by atoms with Crippen LogP contribution in [0.2, 0.25) is 0 Å². The lowest BCUT2D eigenvalue weighted by Crippen LogP contribution is -2.38. The molecule has 0 heterocycles. The maximum Gasteiger partial charge on any atom is 0.239 e. The molecule has 0 saturated heterocycles. The predicted octanol–water partition coefficient (Wildman–Crippen LogP) is 1.71. The first-order chi connectivity index (χ1) is 9.36. The van der Waals surface area contributed by atoms with Crippen LogP contribution < -0.4 is 15.0 Å². The van der Waals surface area contributed by atoms with Gasteiger partial charge >= 0.3 is 0 Å². The van der Waals surface area contributed by atoms with Gasteiger partial charge in [-0.1, -0.05) is 6.07 Å². The molecule has 5 nitrogen and oxygen atoms in total. The molecule has 1 atom stereocenters. The maximum absolute atomic E-state index is 11.8. The number of likely N-dealkylation sites (N-methyl/N-ethyl adjacent to an activating group) is 1. The van der Waals surface area contributed by atoms with Crippen LogP contribution in [0.25, 0.3) is 0 Å². The van der Waals surface area contributed by atoms with Crippen LogP contribution in [-0.4, -0.2) is 37.8 Å². The van der Waals surface area contributed by atoms with Crippen molar-refractivity contribution < 1.29 is 14.6 Å². The standard InChI is InChI=1S/C15H24N2O3/c1-10(2)16-14(19)9-17(4)12-7-6-8-13(20-5)15(12)11(3)18/h6-8,10-11,18H,9H2,1-5H3,(H,16,19)/t11-/m0/s1. The Kier molecular flexibility index (Phi) is 5.82. The van der Waals surface area contributed by atoms with Gasteiger partial charge in [0.1, 0.15) is 5.75 Å². The van der Waals surface area contributed by atoms with Crippen LogP contribution in [0.5, 0.6) is 5.75 Å². The lowest BCUT2D eigenvalue weighted by atomic mass is 10.1. The molecule has 5 heteroatoms. The van der Waals surface area contributed by atoms with Crippen LogP contribution >= 0.6 is 0 Å². The summed E-state index contributed by atoms with van der Waals surface area (Å²) in [5, 5.41) is 12.8. The average Bonchev–Trinajstić information content (AvgIpc) is 2.36. The molecular formula is C15H24N2O3. The van der Waals surface area contributed by atoms with Crippen molar-refractivity contribution in [1.82, 2.24) is 5.32 Å². The fraction of sp³-hybridized carbons (Fsp3) is 0.533. The number of benzene rings is 1. The maximum atomic E-state index is 11.8. The summed E-state index contributed by atoms with van der Waals surface area (Å²) in [6.07, 6.45) is -0.670. The molecule has 2 N–H and O–H groups in total. The molecule has 1 aromatic rings. The lowest BCUT2D eigenvalue weighted by molar-refractivity contribution is -0.120. The van der Waals surface area contributed by atoms with E-state index in [2.05, 4.69) is 5.32 Å². The van der Waals surface area contributed by atoms with Gasteiger partial charge in [0, 0.05) is 24.3 Å². The molecule has 0 aliphatic rings. The summed E-state index contributed by atoms with van der Waals surface area (Å²) < 4.78 is 5.28. The summed E-state index contributed by atoms with van der Waals surface area (Å²) in [5.41, 5.74) is 1.48. The number of ether oxygens (including phenoxy) is 1. The number of nitrogens with zero attached hydrogens (tertiary/aromatic N) is 1. The molecule has 0 aromatic heterocycles. The van der Waals surface area contributed by atoms with E-state index in [9.17, 15) is 9.90 Å². The van der Waals surface area contributed by atoms with Gasteiger partial charge in [-0.2, -0.15) is 0 Å². The van der Waals surface area contributed by atoms with Gasteiger partial charge in [-0.25, -0.2) is 0 Å². The zero-order valence-corrected chi connectivity index (χ0v) is 12.8. The van der Waals surface area contributed by atoms with Gasteiger partial charge in [-0.15, -0.1) is 0 Å². The molecule has 0 bridgehead atoms. The van der Waals surface area contributed by atoms with Crippen LogP contribution in [-0.2, 0) is 4.79 Å². The molecule has 1 rings (SSSR count). The molecule has 1 aromatic carbocycles. The van der Waals surface area contributed by atoms with Crippen molar-refractivity contribution in [1.29, 1.82) is 0 Å². The first-order valence-corrected chi connectivity index (χ1v) is 6.72. The Bertz CT molecular complexity index is 458. The predicted molar refractivity (Wildman–Crippen MR) is 80.2 cm³/mol. The van der Waals surface area contributed by atoms with Crippen LogP contribution in [0.1, 0.15) is 32.4 Å². The first-order valence-electron chi connectivity index (χ1n) is 6.72. The minimum atomic E-state index is -0.670. The van der Waals surface area contributed by atoms with Gasteiger partial charge in [0.15, 0.2) is 0 Å². The number of hydrogen-bond donors (Lipinski definition) is 2. The summed E-state index contributed by atoms with van der Waals surface area (Å²) in [4.78, 5) is 13.6. The monoisotopic (exact) mass is 280 g/mol. The number of hydrogen-bond acceptors (Lipinski definition) is 4. The number of amides is 1. The lowest BCUT2D eigenvalue weighted by Gasteiger charge is -2.25. The Balaban J connectivity index is 2.98. The molecule has 1 amide bonds. The molecule has 0 saturated carbocycles. The summed E-state index contributed by atoms with van der Waals surface area (Å²) in [5.74, 6) is 0.565. The number of aliphatic hydroxyl groups is 1. The Labute approximate surface area is 120 Å². The molecule has 0 radical (unpaired) electrons. The van der Waals surface area contributed by atoms with E-state index >= 15 is 0 Å². The number of aliphatic hydroxyl groups excluding tert-OH is 1. The Morgan fingerprint density at radius 2 is 2.05 bits per heavy atom. The van der Waals surface area contributed by atoms with Gasteiger partial charge in [0.2, 0.25) is 5.91 Å². The van der Waals surface area contributed by atoms with Crippen molar-refractivity contribution in [2.75, 3.05) is 25.6 Å². The van der Waals surface area contributed by atoms with E-state index in [1.807, 2.05) is 37.9 Å². The second kappa shape index (κ2) is 7.14. The van der Waals surface area contributed by atoms with Crippen LogP contribution in [0.3, 0.4) is 0 Å². The number of nitrogens with one attached hydrogen (secondary N) is 1. The van der Waals surface area contributed by atoms with E-state index in [-0.39, 0.29) is 18.5 Å². The minimum absolute atomic E-state index is 0.0538. The fourth-order valence-electron chi connectivity index (χ4n) is 2.13. The molecule has 0 unspecified atom stereocenters. The third-order valence-corrected chi connectivity index (χ3v) is 2.92. The minimum Gasteiger partial charge on any atom is -0.496 e. The van der Waals surface area contributed by atoms with Crippen LogP contribution in [0.15, 0.2) is 18.2 Å². The quantitative estimate of drug-likeness (QED) is 0.833. The molecule has 112 valence electrons. The van der Waals surface area contributed by atoms with Crippen LogP contribution in [0, 0.1) is 0 Å². The molecule has 0 aliphatic heterocycles. The highest BCUT2D eigenvalue weighted by Crippen LogP contribution is 2.33. The number of anilines is 1. The second-order valence-corrected chi connectivity index (χ2v) is 5.15. The van der Waals surface area contributed by atoms with Crippen molar-refractivity contribution in [2.24, 2.45) is 0 Å². The van der Waals surface area contributed by atoms with Crippen molar-refractivity contribution in [3.8, 4) is 5.75 Å². The molecular weight excluding hydrogens is 256 g/mol. The highest BCUT2D eigenvalue weighted by Gasteiger charge is 2.18. The van der Waals surface area contributed by atoms with E-state index in [1.54, 1.807) is 20.1 Å². The number of rotatable bonds is 6. The van der Waals surface area contributed by atoms with E-state index in [0.29, 0.717) is 11.3 Å². The molecule has 20 heavy (non-hydrogen) atoms. The van der Waals surface area contributed by atoms with E-state index in [1.165, 1.54) is 0 Å². The van der Waals surface area contributed by atoms with Gasteiger partial charge in [-0.3, -0.25) is 4.79 Å². The normalized spacial score (nSPS) is 12.2. The third-order valence-electron chi connectivity index (χ3n) is 2.92. The summed E-state index contributed by atoms with van der Waals surface area (Å²) in [7, 11) is 3.39. The van der Waals surface area contributed by atoms with Crippen LogP contribution in [0.4, 0.5) is 5.69 Å². The summed E-state index contributed by atoms with van der Waals surface area (Å²) in [6.45, 7) is 5.75. The average molecular weight is 280 g/mol. The number of carbonyl (C=O) groups is 1. The number of methoxy groups -OCH3 is 1. The molecule has 0 aliphatic carbocycles. The van der Waals surface area contributed by atoms with Crippen molar-refractivity contribution >= 4 is 11.6 Å². The SMILES string of the molecule is COc1cccc(N(C)CC(=O)NC(C)C)c1[C@H](C)O. The van der Waals surface area contributed by atoms with Crippen molar-refractivity contribution in [2.45, 2.75) is 32.9 Å². The smallest absolute Gasteiger partial charge is 0.239 e. The Morgan fingerprint density at radius 3 is 2.55 bits per heavy atom. The van der Waals surface area contributed by atoms with Gasteiger partial charge in [0.25, 0.3) is 0 Å². The van der Waals surface area contributed by atoms with Gasteiger partial charge in [-0.05, 0) is 32.9 Å². The second-order valence-electron chi connectivity index (χ2n) is 5.15. The third kappa shape index (κ3) is 4.13. The Hall–Kier alpha value is -1.75. The van der Waals surface area contributed by atoms with Gasteiger partial charge in [0.05, 0.1) is 19.8 Å². The largest absolute Gasteiger partial charge is 0.496 e. The highest BCUT2D eigenvalue weighted by atomic mass is 16.5. The fourth-order valence-corrected chi connectivity index (χ4v) is 2.13. The van der Waals surface area contributed by atoms with E-state index < -0.39 is 6.10 Å². The molecule has 0 fully saturated rings. The van der Waals surface area contributed by atoms with E-state index in [4.69, 9.17) is 4.74 Å². The van der Waals surface area contributed by atoms with Crippen molar-refractivity contribution in [3.05, 3.63) is 23.8 Å². The first kappa shape index (κ1) is 16.3. The Morgan fingerprint density at radius 1 is 1.40 bits per heavy atom. The zero-order chi connectivity index (χ0) is 15.3. The highest BCUT2D eigenvalue weighted by molar-refractivity contribution is 5.82.